The Balaban J connectivity index is 1.51. The first-order valence-electron chi connectivity index (χ1n) is 10.5. The summed E-state index contributed by atoms with van der Waals surface area (Å²) in [6, 6.07) is 12.6. The molecular weight excluding hydrogens is 501 g/mol. The van der Waals surface area contributed by atoms with Crippen LogP contribution in [0.2, 0.25) is 5.02 Å². The molecule has 0 saturated carbocycles. The highest BCUT2D eigenvalue weighted by molar-refractivity contribution is 7.89. The number of carbonyl (C=O) groups excluding carboxylic acids is 1. The van der Waals surface area contributed by atoms with Crippen molar-refractivity contribution >= 4 is 54.2 Å². The maximum Gasteiger partial charge on any atom is 0.247 e. The molecule has 0 radical (unpaired) electrons. The fraction of sp³-hybridized carbons (Fsp3) is 0.217. The minimum Gasteiger partial charge on any atom is -0.467 e. The van der Waals surface area contributed by atoms with Crippen LogP contribution in [0.1, 0.15) is 18.6 Å². The number of furan rings is 1. The molecule has 11 heteroatoms. The van der Waals surface area contributed by atoms with Crippen molar-refractivity contribution in [1.29, 1.82) is 0 Å². The molecule has 1 aliphatic rings. The first-order valence-corrected chi connectivity index (χ1v) is 13.1. The number of benzene rings is 2. The maximum atomic E-state index is 13.8. The molecule has 7 nitrogen and oxygen atoms in total. The van der Waals surface area contributed by atoms with E-state index in [1.54, 1.807) is 18.2 Å². The third-order valence-corrected chi connectivity index (χ3v) is 8.85. The normalized spacial score (nSPS) is 16.8. The highest BCUT2D eigenvalue weighted by Gasteiger charge is 2.42. The first kappa shape index (κ1) is 23.0. The summed E-state index contributed by atoms with van der Waals surface area (Å²) in [5.41, 5.74) is 0.552. The summed E-state index contributed by atoms with van der Waals surface area (Å²) in [6.07, 6.45) is 2.42. The van der Waals surface area contributed by atoms with Gasteiger partial charge in [0.1, 0.15) is 17.6 Å². The van der Waals surface area contributed by atoms with E-state index < -0.39 is 27.8 Å². The summed E-state index contributed by atoms with van der Waals surface area (Å²) in [7, 11) is -3.92. The third kappa shape index (κ3) is 4.34. The molecule has 3 heterocycles. The van der Waals surface area contributed by atoms with Crippen LogP contribution in [-0.2, 0) is 21.4 Å². The fourth-order valence-corrected chi connectivity index (χ4v) is 6.77. The zero-order valence-corrected chi connectivity index (χ0v) is 20.1. The van der Waals surface area contributed by atoms with E-state index in [9.17, 15) is 17.6 Å². The molecule has 2 aromatic heterocycles. The average molecular weight is 520 g/mol. The Morgan fingerprint density at radius 2 is 2.03 bits per heavy atom. The van der Waals surface area contributed by atoms with Crippen LogP contribution < -0.4 is 4.90 Å². The van der Waals surface area contributed by atoms with E-state index in [4.69, 9.17) is 16.0 Å². The topological polar surface area (TPSA) is 83.7 Å². The van der Waals surface area contributed by atoms with Gasteiger partial charge in [-0.1, -0.05) is 22.9 Å². The van der Waals surface area contributed by atoms with E-state index in [0.717, 1.165) is 11.3 Å². The lowest BCUT2D eigenvalue weighted by molar-refractivity contribution is -0.121. The molecule has 0 N–H and O–H groups in total. The van der Waals surface area contributed by atoms with Crippen LogP contribution >= 0.6 is 22.9 Å². The molecular formula is C23H19ClFN3O4S2. The maximum absolute atomic E-state index is 13.8. The minimum absolute atomic E-state index is 0.0689. The highest BCUT2D eigenvalue weighted by atomic mass is 35.5. The van der Waals surface area contributed by atoms with Crippen molar-refractivity contribution in [1.82, 2.24) is 9.29 Å². The molecule has 2 aromatic carbocycles. The second kappa shape index (κ2) is 9.10. The monoisotopic (exact) mass is 519 g/mol. The molecule has 0 spiro atoms. The number of anilines is 1. The number of nitrogens with zero attached hydrogens (tertiary/aromatic N) is 3. The van der Waals surface area contributed by atoms with Crippen molar-refractivity contribution in [2.24, 2.45) is 0 Å². The number of halogens is 2. The van der Waals surface area contributed by atoms with Crippen LogP contribution in [0.15, 0.2) is 70.2 Å². The smallest absolute Gasteiger partial charge is 0.247 e. The van der Waals surface area contributed by atoms with Gasteiger partial charge in [0.25, 0.3) is 0 Å². The first-order chi connectivity index (χ1) is 16.3. The van der Waals surface area contributed by atoms with Crippen LogP contribution in [0.5, 0.6) is 0 Å². The molecule has 1 atom stereocenters. The second-order valence-corrected chi connectivity index (χ2v) is 11.2. The Kier molecular flexibility index (Phi) is 6.15. The lowest BCUT2D eigenvalue weighted by atomic mass is 10.2. The van der Waals surface area contributed by atoms with Crippen LogP contribution in [0.25, 0.3) is 10.2 Å². The molecule has 1 unspecified atom stereocenters. The van der Waals surface area contributed by atoms with E-state index in [0.29, 0.717) is 39.0 Å². The summed E-state index contributed by atoms with van der Waals surface area (Å²) in [6.45, 7) is 0.292. The number of hydrogen-bond acceptors (Lipinski definition) is 6. The molecule has 176 valence electrons. The van der Waals surface area contributed by atoms with Crippen molar-refractivity contribution < 1.29 is 22.0 Å². The SMILES string of the molecule is O=C(C1CCCN1S(=O)(=O)c1ccc(Cl)cc1)N(Cc1ccco1)c1nc2ccc(F)cc2s1. The van der Waals surface area contributed by atoms with Gasteiger partial charge >= 0.3 is 0 Å². The largest absolute Gasteiger partial charge is 0.467 e. The predicted molar refractivity (Wildman–Crippen MR) is 128 cm³/mol. The Hall–Kier alpha value is -2.79. The number of carbonyl (C=O) groups is 1. The summed E-state index contributed by atoms with van der Waals surface area (Å²) < 4.78 is 47.7. The zero-order valence-electron chi connectivity index (χ0n) is 17.7. The quantitative estimate of drug-likeness (QED) is 0.355. The summed E-state index contributed by atoms with van der Waals surface area (Å²) in [5.74, 6) is -0.294. The number of rotatable bonds is 6. The molecule has 0 aliphatic carbocycles. The molecule has 1 saturated heterocycles. The van der Waals surface area contributed by atoms with E-state index >= 15 is 0 Å². The molecule has 1 aliphatic heterocycles. The van der Waals surface area contributed by atoms with Gasteiger partial charge in [-0.15, -0.1) is 0 Å². The van der Waals surface area contributed by atoms with Gasteiger partial charge in [-0.05, 0) is 67.4 Å². The number of aromatic nitrogens is 1. The summed E-state index contributed by atoms with van der Waals surface area (Å²) in [4.78, 5) is 19.8. The molecule has 4 aromatic rings. The Bertz CT molecular complexity index is 1440. The predicted octanol–water partition coefficient (Wildman–Crippen LogP) is 5.07. The van der Waals surface area contributed by atoms with Gasteiger partial charge in [0.15, 0.2) is 5.13 Å². The van der Waals surface area contributed by atoms with Gasteiger partial charge in [0, 0.05) is 11.6 Å². The molecule has 1 fully saturated rings. The summed E-state index contributed by atoms with van der Waals surface area (Å²) in [5, 5.41) is 0.766. The van der Waals surface area contributed by atoms with E-state index in [1.807, 2.05) is 0 Å². The number of hydrogen-bond donors (Lipinski definition) is 0. The highest BCUT2D eigenvalue weighted by Crippen LogP contribution is 2.34. The van der Waals surface area contributed by atoms with Crippen molar-refractivity contribution in [2.75, 3.05) is 11.4 Å². The van der Waals surface area contributed by atoms with Crippen LogP contribution in [0, 0.1) is 5.82 Å². The molecule has 1 amide bonds. The van der Waals surface area contributed by atoms with Gasteiger partial charge in [0.05, 0.1) is 27.9 Å². The van der Waals surface area contributed by atoms with Crippen LogP contribution in [0.3, 0.4) is 0 Å². The lowest BCUT2D eigenvalue weighted by Gasteiger charge is -2.28. The number of thiazole rings is 1. The summed E-state index contributed by atoms with van der Waals surface area (Å²) >= 11 is 7.08. The van der Waals surface area contributed by atoms with Gasteiger partial charge in [0.2, 0.25) is 15.9 Å². The second-order valence-electron chi connectivity index (χ2n) is 7.84. The van der Waals surface area contributed by atoms with Crippen molar-refractivity contribution in [2.45, 2.75) is 30.3 Å². The standard InChI is InChI=1S/C23H19ClFN3O4S2/c24-15-5-8-18(9-6-15)34(30,31)28-11-1-4-20(28)22(29)27(14-17-3-2-12-32-17)23-26-19-10-7-16(25)13-21(19)33-23/h2-3,5-10,12-13,20H,1,4,11,14H2. The van der Waals surface area contributed by atoms with Crippen LogP contribution in [-0.4, -0.2) is 36.2 Å². The Labute approximate surface area is 204 Å². The van der Waals surface area contributed by atoms with Crippen LogP contribution in [0.4, 0.5) is 9.52 Å². The number of fused-ring (bicyclic) bond motifs is 1. The Morgan fingerprint density at radius 1 is 1.24 bits per heavy atom. The Morgan fingerprint density at radius 3 is 2.76 bits per heavy atom. The lowest BCUT2D eigenvalue weighted by Crippen LogP contribution is -2.47. The van der Waals surface area contributed by atoms with E-state index in [1.165, 1.54) is 51.9 Å². The third-order valence-electron chi connectivity index (χ3n) is 5.64. The average Bonchev–Trinajstić information content (AvgIpc) is 3.57. The molecule has 5 rings (SSSR count). The van der Waals surface area contributed by atoms with Gasteiger partial charge in [-0.3, -0.25) is 9.69 Å². The van der Waals surface area contributed by atoms with Crippen molar-refractivity contribution in [3.63, 3.8) is 0 Å². The minimum atomic E-state index is -3.92. The zero-order chi connectivity index (χ0) is 23.9. The van der Waals surface area contributed by atoms with E-state index in [2.05, 4.69) is 4.98 Å². The van der Waals surface area contributed by atoms with Gasteiger partial charge in [-0.2, -0.15) is 4.31 Å². The fourth-order valence-electron chi connectivity index (χ4n) is 4.00. The van der Waals surface area contributed by atoms with Gasteiger partial charge < -0.3 is 4.42 Å². The van der Waals surface area contributed by atoms with Crippen molar-refractivity contribution in [3.8, 4) is 0 Å². The molecule has 34 heavy (non-hydrogen) atoms. The molecule has 0 bridgehead atoms. The number of amides is 1. The van der Waals surface area contributed by atoms with E-state index in [-0.39, 0.29) is 18.0 Å². The van der Waals surface area contributed by atoms with Gasteiger partial charge in [-0.25, -0.2) is 17.8 Å². The van der Waals surface area contributed by atoms with Crippen molar-refractivity contribution in [3.05, 3.63) is 77.5 Å². The number of sulfonamides is 1.